The Labute approximate surface area is 94.2 Å². The third-order valence-corrected chi connectivity index (χ3v) is 3.11. The zero-order chi connectivity index (χ0) is 11.0. The normalized spacial score (nSPS) is 10.8. The van der Waals surface area contributed by atoms with E-state index in [1.54, 1.807) is 0 Å². The van der Waals surface area contributed by atoms with Gasteiger partial charge in [0.05, 0.1) is 6.20 Å². The van der Waals surface area contributed by atoms with Gasteiger partial charge in [0.15, 0.2) is 0 Å². The first-order valence-corrected chi connectivity index (χ1v) is 5.47. The Bertz CT molecular complexity index is 688. The summed E-state index contributed by atoms with van der Waals surface area (Å²) in [5.74, 6) is 0. The molecule has 0 atom stereocenters. The molecule has 0 aliphatic heterocycles. The average Bonchev–Trinajstić information content (AvgIpc) is 2.79. The van der Waals surface area contributed by atoms with Gasteiger partial charge in [0.1, 0.15) is 10.4 Å². The van der Waals surface area contributed by atoms with Crippen LogP contribution in [0.15, 0.2) is 45.8 Å². The summed E-state index contributed by atoms with van der Waals surface area (Å²) in [6.45, 7) is 0. The summed E-state index contributed by atoms with van der Waals surface area (Å²) >= 11 is 1.10. The van der Waals surface area contributed by atoms with Gasteiger partial charge in [-0.3, -0.25) is 4.79 Å². The molecule has 0 fully saturated rings. The van der Waals surface area contributed by atoms with E-state index in [2.05, 4.69) is 10.1 Å². The Kier molecular flexibility index (Phi) is 2.04. The third-order valence-electron chi connectivity index (χ3n) is 2.18. The van der Waals surface area contributed by atoms with Crippen molar-refractivity contribution in [3.05, 3.63) is 46.1 Å². The minimum absolute atomic E-state index is 0.0786. The number of fused-ring (bicyclic) bond motifs is 1. The summed E-state index contributed by atoms with van der Waals surface area (Å²) in [5, 5.41) is 4.65. The third kappa shape index (κ3) is 1.42. The lowest BCUT2D eigenvalue weighted by molar-refractivity contribution is 0.449. The van der Waals surface area contributed by atoms with Crippen LogP contribution in [0, 0.1) is 0 Å². The molecule has 0 aliphatic rings. The zero-order valence-corrected chi connectivity index (χ0v) is 8.90. The maximum absolute atomic E-state index is 11.7. The van der Waals surface area contributed by atoms with Crippen LogP contribution in [0.3, 0.4) is 0 Å². The molecule has 4 nitrogen and oxygen atoms in total. The highest BCUT2D eigenvalue weighted by atomic mass is 32.1. The van der Waals surface area contributed by atoms with Crippen molar-refractivity contribution in [3.8, 4) is 10.6 Å². The Morgan fingerprint density at radius 2 is 2.00 bits per heavy atom. The van der Waals surface area contributed by atoms with E-state index in [1.807, 2.05) is 30.3 Å². The Balaban J connectivity index is 2.30. The molecule has 0 bridgehead atoms. The number of hydrogen-bond acceptors (Lipinski definition) is 5. The second-order valence-corrected chi connectivity index (χ2v) is 4.18. The summed E-state index contributed by atoms with van der Waals surface area (Å²) in [7, 11) is 0. The molecule has 0 saturated carbocycles. The molecule has 0 radical (unpaired) electrons. The van der Waals surface area contributed by atoms with Gasteiger partial charge < -0.3 is 4.52 Å². The van der Waals surface area contributed by atoms with Crippen LogP contribution in [0.2, 0.25) is 0 Å². The maximum atomic E-state index is 11.7. The smallest absolute Gasteiger partial charge is 0.263 e. The molecule has 16 heavy (non-hydrogen) atoms. The van der Waals surface area contributed by atoms with E-state index in [4.69, 9.17) is 4.52 Å². The number of benzene rings is 1. The summed E-state index contributed by atoms with van der Waals surface area (Å²) in [5.41, 5.74) is 1.20. The van der Waals surface area contributed by atoms with Crippen molar-refractivity contribution >= 4 is 22.4 Å². The fraction of sp³-hybridized carbons (Fsp3) is 0. The lowest BCUT2D eigenvalue weighted by Gasteiger charge is -1.96. The largest absolute Gasteiger partial charge is 0.336 e. The first kappa shape index (κ1) is 9.23. The van der Waals surface area contributed by atoms with E-state index < -0.39 is 0 Å². The standard InChI is InChI=1S/C11H6N2O2S/c14-11-8-6-12-15-9(8)13-10(16-11)7-4-2-1-3-5-7/h1-6H. The second kappa shape index (κ2) is 3.53. The van der Waals surface area contributed by atoms with Crippen LogP contribution in [-0.2, 0) is 0 Å². The number of hydrogen-bond donors (Lipinski definition) is 0. The molecule has 0 aliphatic carbocycles. The predicted molar refractivity (Wildman–Crippen MR) is 61.4 cm³/mol. The van der Waals surface area contributed by atoms with Gasteiger partial charge in [0, 0.05) is 5.56 Å². The van der Waals surface area contributed by atoms with E-state index >= 15 is 0 Å². The van der Waals surface area contributed by atoms with Gasteiger partial charge in [-0.25, -0.2) is 0 Å². The van der Waals surface area contributed by atoms with E-state index in [0.717, 1.165) is 16.9 Å². The monoisotopic (exact) mass is 230 g/mol. The highest BCUT2D eigenvalue weighted by molar-refractivity contribution is 7.13. The minimum Gasteiger partial charge on any atom is -0.336 e. The maximum Gasteiger partial charge on any atom is 0.263 e. The lowest BCUT2D eigenvalue weighted by Crippen LogP contribution is -1.95. The molecule has 0 spiro atoms. The first-order chi connectivity index (χ1) is 7.84. The van der Waals surface area contributed by atoms with Gasteiger partial charge >= 0.3 is 0 Å². The number of aromatic nitrogens is 2. The van der Waals surface area contributed by atoms with Crippen LogP contribution in [0.1, 0.15) is 0 Å². The van der Waals surface area contributed by atoms with Crippen molar-refractivity contribution < 1.29 is 4.52 Å². The Hall–Kier alpha value is -2.01. The fourth-order valence-electron chi connectivity index (χ4n) is 1.42. The molecule has 1 aromatic carbocycles. The van der Waals surface area contributed by atoms with Gasteiger partial charge in [-0.2, -0.15) is 4.98 Å². The lowest BCUT2D eigenvalue weighted by atomic mass is 10.2. The van der Waals surface area contributed by atoms with E-state index in [-0.39, 0.29) is 4.74 Å². The molecular weight excluding hydrogens is 224 g/mol. The van der Waals surface area contributed by atoms with Crippen molar-refractivity contribution in [1.82, 2.24) is 10.1 Å². The van der Waals surface area contributed by atoms with Crippen molar-refractivity contribution in [1.29, 1.82) is 0 Å². The van der Waals surface area contributed by atoms with Crippen LogP contribution in [-0.4, -0.2) is 10.1 Å². The number of rotatable bonds is 1. The molecule has 0 amide bonds. The predicted octanol–water partition coefficient (Wildman–Crippen LogP) is 2.31. The molecule has 3 aromatic rings. The molecule has 0 unspecified atom stereocenters. The van der Waals surface area contributed by atoms with Crippen molar-refractivity contribution in [3.63, 3.8) is 0 Å². The Morgan fingerprint density at radius 1 is 1.19 bits per heavy atom. The molecule has 2 aromatic heterocycles. The van der Waals surface area contributed by atoms with Gasteiger partial charge in [-0.15, -0.1) is 0 Å². The minimum atomic E-state index is -0.0786. The van der Waals surface area contributed by atoms with Crippen LogP contribution >= 0.6 is 11.3 Å². The molecule has 2 heterocycles. The number of nitrogens with zero attached hydrogens (tertiary/aromatic N) is 2. The zero-order valence-electron chi connectivity index (χ0n) is 8.08. The van der Waals surface area contributed by atoms with E-state index in [1.165, 1.54) is 6.20 Å². The summed E-state index contributed by atoms with van der Waals surface area (Å²) in [6, 6.07) is 9.53. The van der Waals surface area contributed by atoms with Gasteiger partial charge in [0.25, 0.3) is 5.71 Å². The first-order valence-electron chi connectivity index (χ1n) is 4.65. The summed E-state index contributed by atoms with van der Waals surface area (Å²) < 4.78 is 4.83. The Morgan fingerprint density at radius 3 is 2.81 bits per heavy atom. The van der Waals surface area contributed by atoms with Crippen LogP contribution in [0.5, 0.6) is 0 Å². The van der Waals surface area contributed by atoms with Gasteiger partial charge in [-0.1, -0.05) is 46.8 Å². The summed E-state index contributed by atoms with van der Waals surface area (Å²) in [4.78, 5) is 16.0. The molecular formula is C11H6N2O2S. The summed E-state index contributed by atoms with van der Waals surface area (Å²) in [6.07, 6.45) is 1.40. The van der Waals surface area contributed by atoms with Crippen molar-refractivity contribution in [2.45, 2.75) is 0 Å². The SMILES string of the molecule is O=c1sc(-c2ccccc2)nc2oncc12. The molecule has 3 rings (SSSR count). The van der Waals surface area contributed by atoms with Gasteiger partial charge in [-0.05, 0) is 0 Å². The van der Waals surface area contributed by atoms with Crippen LogP contribution < -0.4 is 4.74 Å². The fourth-order valence-corrected chi connectivity index (χ4v) is 2.22. The van der Waals surface area contributed by atoms with Gasteiger partial charge in [0.2, 0.25) is 4.74 Å². The topological polar surface area (TPSA) is 56.0 Å². The van der Waals surface area contributed by atoms with Crippen LogP contribution in [0.25, 0.3) is 21.7 Å². The van der Waals surface area contributed by atoms with E-state index in [9.17, 15) is 4.79 Å². The van der Waals surface area contributed by atoms with E-state index in [0.29, 0.717) is 16.1 Å². The molecule has 0 N–H and O–H groups in total. The second-order valence-electron chi connectivity index (χ2n) is 3.22. The average molecular weight is 230 g/mol. The highest BCUT2D eigenvalue weighted by Gasteiger charge is 2.09. The molecule has 0 saturated heterocycles. The molecule has 78 valence electrons. The highest BCUT2D eigenvalue weighted by Crippen LogP contribution is 2.21. The van der Waals surface area contributed by atoms with Crippen molar-refractivity contribution in [2.24, 2.45) is 0 Å². The van der Waals surface area contributed by atoms with Crippen molar-refractivity contribution in [2.75, 3.05) is 0 Å². The van der Waals surface area contributed by atoms with Crippen LogP contribution in [0.4, 0.5) is 0 Å². The molecule has 5 heteroatoms. The quantitative estimate of drug-likeness (QED) is 0.643.